The minimum Gasteiger partial charge on any atom is -0.356 e. The van der Waals surface area contributed by atoms with E-state index in [2.05, 4.69) is 12.2 Å². The molecular weight excluding hydrogens is 269 g/mol. The van der Waals surface area contributed by atoms with Crippen LogP contribution in [0.3, 0.4) is 0 Å². The monoisotopic (exact) mass is 287 g/mol. The summed E-state index contributed by atoms with van der Waals surface area (Å²) in [5.41, 5.74) is 0.701. The number of carbonyl (C=O) groups excluding carboxylic acids is 1. The molecule has 0 aromatic heterocycles. The minimum absolute atomic E-state index is 0.0264. The van der Waals surface area contributed by atoms with Crippen molar-refractivity contribution in [2.75, 3.05) is 6.54 Å². The Morgan fingerprint density at radius 3 is 2.44 bits per heavy atom. The van der Waals surface area contributed by atoms with Crippen LogP contribution >= 0.6 is 23.2 Å². The van der Waals surface area contributed by atoms with Crippen molar-refractivity contribution in [3.8, 4) is 0 Å². The smallest absolute Gasteiger partial charge is 0.224 e. The van der Waals surface area contributed by atoms with E-state index in [-0.39, 0.29) is 12.3 Å². The summed E-state index contributed by atoms with van der Waals surface area (Å²) in [6.07, 6.45) is 4.83. The summed E-state index contributed by atoms with van der Waals surface area (Å²) in [5, 5.41) is 3.98. The van der Waals surface area contributed by atoms with Crippen LogP contribution in [0.2, 0.25) is 10.0 Å². The normalized spacial score (nSPS) is 10.4. The molecule has 1 aromatic carbocycles. The van der Waals surface area contributed by atoms with Gasteiger partial charge in [-0.25, -0.2) is 0 Å². The van der Waals surface area contributed by atoms with Crippen LogP contribution in [0.4, 0.5) is 0 Å². The second kappa shape index (κ2) is 8.39. The molecule has 0 saturated heterocycles. The highest BCUT2D eigenvalue weighted by Crippen LogP contribution is 2.24. The highest BCUT2D eigenvalue weighted by Gasteiger charge is 2.09. The number of unbranched alkanes of at least 4 members (excludes halogenated alkanes) is 3. The summed E-state index contributed by atoms with van der Waals surface area (Å²) >= 11 is 12.0. The van der Waals surface area contributed by atoms with Gasteiger partial charge in [0, 0.05) is 16.6 Å². The van der Waals surface area contributed by atoms with E-state index in [0.717, 1.165) is 19.4 Å². The Kier molecular flexibility index (Phi) is 7.14. The number of halogens is 2. The van der Waals surface area contributed by atoms with E-state index in [9.17, 15) is 4.79 Å². The fourth-order valence-electron chi connectivity index (χ4n) is 1.70. The Hall–Kier alpha value is -0.730. The summed E-state index contributed by atoms with van der Waals surface area (Å²) in [4.78, 5) is 11.7. The van der Waals surface area contributed by atoms with Crippen molar-refractivity contribution in [3.05, 3.63) is 33.8 Å². The standard InChI is InChI=1S/C14H19Cl2NO/c1-2-3-4-5-9-17-14(18)10-11-12(15)7-6-8-13(11)16/h6-8H,2-5,9-10H2,1H3,(H,17,18). The van der Waals surface area contributed by atoms with Gasteiger partial charge in [-0.2, -0.15) is 0 Å². The zero-order valence-corrected chi connectivity index (χ0v) is 12.2. The molecule has 0 unspecified atom stereocenters. The first kappa shape index (κ1) is 15.3. The third kappa shape index (κ3) is 5.28. The van der Waals surface area contributed by atoms with E-state index in [1.807, 2.05) is 0 Å². The average Bonchev–Trinajstić information content (AvgIpc) is 2.34. The van der Waals surface area contributed by atoms with Gasteiger partial charge in [-0.3, -0.25) is 4.79 Å². The van der Waals surface area contributed by atoms with Gasteiger partial charge in [0.25, 0.3) is 0 Å². The van der Waals surface area contributed by atoms with Gasteiger partial charge >= 0.3 is 0 Å². The summed E-state index contributed by atoms with van der Waals surface area (Å²) in [6, 6.07) is 5.27. The minimum atomic E-state index is -0.0264. The number of nitrogens with one attached hydrogen (secondary N) is 1. The topological polar surface area (TPSA) is 29.1 Å². The Labute approximate surface area is 119 Å². The molecule has 0 spiro atoms. The van der Waals surface area contributed by atoms with Crippen molar-refractivity contribution in [1.82, 2.24) is 5.32 Å². The molecule has 1 N–H and O–H groups in total. The second-order valence-corrected chi connectivity index (χ2v) is 5.10. The van der Waals surface area contributed by atoms with Crippen LogP contribution < -0.4 is 5.32 Å². The van der Waals surface area contributed by atoms with Crippen LogP contribution in [-0.2, 0) is 11.2 Å². The molecule has 1 amide bonds. The molecule has 18 heavy (non-hydrogen) atoms. The molecular formula is C14H19Cl2NO. The number of hydrogen-bond donors (Lipinski definition) is 1. The Morgan fingerprint density at radius 2 is 1.83 bits per heavy atom. The first-order chi connectivity index (χ1) is 8.65. The number of benzene rings is 1. The first-order valence-electron chi connectivity index (χ1n) is 6.34. The molecule has 0 aliphatic rings. The van der Waals surface area contributed by atoms with Crippen molar-refractivity contribution in [1.29, 1.82) is 0 Å². The molecule has 0 aliphatic heterocycles. The van der Waals surface area contributed by atoms with Gasteiger partial charge in [0.15, 0.2) is 0 Å². The van der Waals surface area contributed by atoms with Gasteiger partial charge < -0.3 is 5.32 Å². The van der Waals surface area contributed by atoms with Crippen LogP contribution in [0.1, 0.15) is 38.2 Å². The molecule has 0 fully saturated rings. The van der Waals surface area contributed by atoms with E-state index in [1.165, 1.54) is 12.8 Å². The third-order valence-electron chi connectivity index (χ3n) is 2.75. The quantitative estimate of drug-likeness (QED) is 0.747. The van der Waals surface area contributed by atoms with Crippen LogP contribution in [0.5, 0.6) is 0 Å². The SMILES string of the molecule is CCCCCCNC(=O)Cc1c(Cl)cccc1Cl. The molecule has 0 atom stereocenters. The average molecular weight is 288 g/mol. The maximum atomic E-state index is 11.7. The number of rotatable bonds is 7. The van der Waals surface area contributed by atoms with Crippen molar-refractivity contribution in [2.24, 2.45) is 0 Å². The van der Waals surface area contributed by atoms with Crippen LogP contribution in [0.25, 0.3) is 0 Å². The molecule has 0 bridgehead atoms. The van der Waals surface area contributed by atoms with Crippen molar-refractivity contribution in [2.45, 2.75) is 39.0 Å². The highest BCUT2D eigenvalue weighted by molar-refractivity contribution is 6.36. The van der Waals surface area contributed by atoms with Crippen LogP contribution in [-0.4, -0.2) is 12.5 Å². The highest BCUT2D eigenvalue weighted by atomic mass is 35.5. The molecule has 2 nitrogen and oxygen atoms in total. The number of amides is 1. The Morgan fingerprint density at radius 1 is 1.17 bits per heavy atom. The van der Waals surface area contributed by atoms with E-state index in [0.29, 0.717) is 15.6 Å². The summed E-state index contributed by atoms with van der Waals surface area (Å²) in [7, 11) is 0. The van der Waals surface area contributed by atoms with Crippen molar-refractivity contribution < 1.29 is 4.79 Å². The Balaban J connectivity index is 2.36. The molecule has 0 heterocycles. The molecule has 1 aromatic rings. The third-order valence-corrected chi connectivity index (χ3v) is 3.46. The maximum Gasteiger partial charge on any atom is 0.224 e. The molecule has 0 radical (unpaired) electrons. The van der Waals surface area contributed by atoms with Gasteiger partial charge in [0.1, 0.15) is 0 Å². The van der Waals surface area contributed by atoms with E-state index >= 15 is 0 Å². The predicted molar refractivity (Wildman–Crippen MR) is 77.3 cm³/mol. The number of carbonyl (C=O) groups is 1. The van der Waals surface area contributed by atoms with Gasteiger partial charge in [0.2, 0.25) is 5.91 Å². The second-order valence-electron chi connectivity index (χ2n) is 4.29. The largest absolute Gasteiger partial charge is 0.356 e. The first-order valence-corrected chi connectivity index (χ1v) is 7.10. The van der Waals surface area contributed by atoms with Gasteiger partial charge in [0.05, 0.1) is 6.42 Å². The lowest BCUT2D eigenvalue weighted by molar-refractivity contribution is -0.120. The zero-order valence-electron chi connectivity index (χ0n) is 10.6. The molecule has 0 saturated carbocycles. The van der Waals surface area contributed by atoms with Gasteiger partial charge in [-0.1, -0.05) is 55.5 Å². The lowest BCUT2D eigenvalue weighted by atomic mass is 10.1. The maximum absolute atomic E-state index is 11.7. The predicted octanol–water partition coefficient (Wildman–Crippen LogP) is 4.23. The zero-order chi connectivity index (χ0) is 13.4. The van der Waals surface area contributed by atoms with Crippen LogP contribution in [0.15, 0.2) is 18.2 Å². The van der Waals surface area contributed by atoms with Gasteiger partial charge in [-0.05, 0) is 24.1 Å². The summed E-state index contributed by atoms with van der Waals surface area (Å²) in [6.45, 7) is 2.89. The van der Waals surface area contributed by atoms with Crippen molar-refractivity contribution in [3.63, 3.8) is 0 Å². The van der Waals surface area contributed by atoms with E-state index in [1.54, 1.807) is 18.2 Å². The van der Waals surface area contributed by atoms with Crippen LogP contribution in [0, 0.1) is 0 Å². The molecule has 100 valence electrons. The lowest BCUT2D eigenvalue weighted by Crippen LogP contribution is -2.26. The van der Waals surface area contributed by atoms with Gasteiger partial charge in [-0.15, -0.1) is 0 Å². The molecule has 0 aliphatic carbocycles. The number of hydrogen-bond acceptors (Lipinski definition) is 1. The van der Waals surface area contributed by atoms with E-state index < -0.39 is 0 Å². The molecule has 1 rings (SSSR count). The summed E-state index contributed by atoms with van der Waals surface area (Å²) < 4.78 is 0. The fourth-order valence-corrected chi connectivity index (χ4v) is 2.23. The lowest BCUT2D eigenvalue weighted by Gasteiger charge is -2.08. The fraction of sp³-hybridized carbons (Fsp3) is 0.500. The van der Waals surface area contributed by atoms with Crippen molar-refractivity contribution >= 4 is 29.1 Å². The van der Waals surface area contributed by atoms with E-state index in [4.69, 9.17) is 23.2 Å². The summed E-state index contributed by atoms with van der Waals surface area (Å²) in [5.74, 6) is -0.0264. The Bertz CT molecular complexity index is 373. The molecule has 4 heteroatoms.